The Labute approximate surface area is 231 Å². The zero-order chi connectivity index (χ0) is 27.5. The minimum Gasteiger partial charge on any atom is -0.464 e. The fraction of sp³-hybridized carbons (Fsp3) is 0.515. The number of hydrogen-bond donors (Lipinski definition) is 0. The Morgan fingerprint density at radius 1 is 1.03 bits per heavy atom. The smallest absolute Gasteiger partial charge is 0.254 e. The Balaban J connectivity index is 1.39. The second-order valence-corrected chi connectivity index (χ2v) is 12.1. The molecule has 0 spiro atoms. The number of rotatable bonds is 5. The van der Waals surface area contributed by atoms with Crippen molar-refractivity contribution in [2.75, 3.05) is 13.1 Å². The Morgan fingerprint density at radius 3 is 2.44 bits per heavy atom. The molecular formula is C33H39NO5. The normalized spacial score (nSPS) is 26.7. The molecule has 6 heteroatoms. The summed E-state index contributed by atoms with van der Waals surface area (Å²) >= 11 is 0. The molecule has 2 aliphatic carbocycles. The predicted molar refractivity (Wildman–Crippen MR) is 150 cm³/mol. The van der Waals surface area contributed by atoms with E-state index in [0.717, 1.165) is 52.2 Å². The van der Waals surface area contributed by atoms with Crippen LogP contribution in [-0.4, -0.2) is 35.5 Å². The maximum absolute atomic E-state index is 14.1. The molecule has 1 atom stereocenters. The summed E-state index contributed by atoms with van der Waals surface area (Å²) in [5, 5.41) is 0. The molecule has 0 saturated heterocycles. The molecule has 4 aliphatic rings. The van der Waals surface area contributed by atoms with Crippen molar-refractivity contribution in [2.24, 2.45) is 11.8 Å². The lowest BCUT2D eigenvalue weighted by molar-refractivity contribution is -0.122. The predicted octanol–water partition coefficient (Wildman–Crippen LogP) is 7.19. The molecule has 1 amide bonds. The van der Waals surface area contributed by atoms with Crippen LogP contribution in [0.4, 0.5) is 0 Å². The van der Waals surface area contributed by atoms with Crippen molar-refractivity contribution in [1.82, 2.24) is 4.90 Å². The first-order valence-corrected chi connectivity index (χ1v) is 14.5. The minimum atomic E-state index is -0.777. The standard InChI is InChI=1S/C33H39NO5/c1-6-22-9-11-23(12-10-22)33(5)38-30-21(4)28-24(29(31(30)39-33)27-8-7-15-37-27)13-14-34(32(28)36)18-25-20(3)16-19(2)17-26(25)35/h7-8,15-16,22-23H,6,9-14,17-18H2,1-5H3. The number of ether oxygens (including phenoxy) is 2. The average molecular weight is 530 g/mol. The highest BCUT2D eigenvalue weighted by molar-refractivity contribution is 6.04. The SMILES string of the molecule is CCC1CCC(C2(C)Oc3c(C)c4c(c(-c5ccco5)c3O2)CCN(CC2=C(C)C=C(C)CC2=O)C4=O)CC1. The van der Waals surface area contributed by atoms with E-state index >= 15 is 0 Å². The van der Waals surface area contributed by atoms with Crippen LogP contribution in [0.15, 0.2) is 45.6 Å². The van der Waals surface area contributed by atoms with Crippen LogP contribution in [0.2, 0.25) is 0 Å². The monoisotopic (exact) mass is 529 g/mol. The highest BCUT2D eigenvalue weighted by atomic mass is 16.7. The zero-order valence-electron chi connectivity index (χ0n) is 23.8. The maximum atomic E-state index is 14.1. The Bertz CT molecular complexity index is 1390. The molecule has 206 valence electrons. The molecular weight excluding hydrogens is 490 g/mol. The Kier molecular flexibility index (Phi) is 6.47. The van der Waals surface area contributed by atoms with Gasteiger partial charge in [-0.3, -0.25) is 9.59 Å². The highest BCUT2D eigenvalue weighted by Crippen LogP contribution is 2.55. The number of furan rings is 1. The van der Waals surface area contributed by atoms with Crippen LogP contribution in [0.5, 0.6) is 11.5 Å². The van der Waals surface area contributed by atoms with Gasteiger partial charge < -0.3 is 18.8 Å². The van der Waals surface area contributed by atoms with Crippen LogP contribution in [0.3, 0.4) is 0 Å². The molecule has 0 radical (unpaired) electrons. The van der Waals surface area contributed by atoms with Gasteiger partial charge in [-0.25, -0.2) is 0 Å². The van der Waals surface area contributed by atoms with Crippen molar-refractivity contribution in [2.45, 2.75) is 85.4 Å². The average Bonchev–Trinajstić information content (AvgIpc) is 3.56. The van der Waals surface area contributed by atoms with E-state index in [2.05, 4.69) is 19.9 Å². The number of Topliss-reactive ketones (excluding diaryl/α,β-unsaturated/α-hetero) is 1. The van der Waals surface area contributed by atoms with Crippen molar-refractivity contribution in [3.63, 3.8) is 0 Å². The van der Waals surface area contributed by atoms with Crippen LogP contribution >= 0.6 is 0 Å². The second-order valence-electron chi connectivity index (χ2n) is 12.1. The van der Waals surface area contributed by atoms with Crippen molar-refractivity contribution in [3.05, 3.63) is 57.9 Å². The van der Waals surface area contributed by atoms with Gasteiger partial charge >= 0.3 is 0 Å². The quantitative estimate of drug-likeness (QED) is 0.410. The maximum Gasteiger partial charge on any atom is 0.254 e. The van der Waals surface area contributed by atoms with E-state index in [1.165, 1.54) is 19.3 Å². The summed E-state index contributed by atoms with van der Waals surface area (Å²) in [6.45, 7) is 11.1. The molecule has 6 nitrogen and oxygen atoms in total. The molecule has 39 heavy (non-hydrogen) atoms. The lowest BCUT2D eigenvalue weighted by Gasteiger charge is -2.37. The van der Waals surface area contributed by atoms with Crippen LogP contribution in [0.1, 0.15) is 87.7 Å². The van der Waals surface area contributed by atoms with Gasteiger partial charge in [0.25, 0.3) is 11.7 Å². The van der Waals surface area contributed by atoms with E-state index in [1.54, 1.807) is 6.26 Å². The third-order valence-electron chi connectivity index (χ3n) is 9.49. The first kappa shape index (κ1) is 26.0. The van der Waals surface area contributed by atoms with Crippen LogP contribution < -0.4 is 9.47 Å². The molecule has 1 unspecified atom stereocenters. The molecule has 2 aliphatic heterocycles. The molecule has 1 aromatic heterocycles. The van der Waals surface area contributed by atoms with Crippen molar-refractivity contribution in [1.29, 1.82) is 0 Å². The third-order valence-corrected chi connectivity index (χ3v) is 9.49. The molecule has 0 N–H and O–H groups in total. The van der Waals surface area contributed by atoms with Crippen LogP contribution in [0, 0.1) is 18.8 Å². The van der Waals surface area contributed by atoms with Gasteiger partial charge in [-0.15, -0.1) is 0 Å². The van der Waals surface area contributed by atoms with Gasteiger partial charge in [0.05, 0.1) is 17.4 Å². The summed E-state index contributed by atoms with van der Waals surface area (Å²) in [7, 11) is 0. The van der Waals surface area contributed by atoms with Gasteiger partial charge in [0.15, 0.2) is 17.3 Å². The molecule has 1 saturated carbocycles. The number of fused-ring (bicyclic) bond motifs is 2. The van der Waals surface area contributed by atoms with E-state index in [1.807, 2.05) is 37.8 Å². The van der Waals surface area contributed by atoms with Crippen molar-refractivity contribution in [3.8, 4) is 22.8 Å². The van der Waals surface area contributed by atoms with E-state index in [0.29, 0.717) is 48.8 Å². The van der Waals surface area contributed by atoms with E-state index < -0.39 is 5.79 Å². The summed E-state index contributed by atoms with van der Waals surface area (Å²) < 4.78 is 19.4. The summed E-state index contributed by atoms with van der Waals surface area (Å²) in [6.07, 6.45) is 10.5. The number of carbonyl (C=O) groups is 2. The first-order valence-electron chi connectivity index (χ1n) is 14.5. The lowest BCUT2D eigenvalue weighted by Crippen LogP contribution is -2.44. The fourth-order valence-corrected chi connectivity index (χ4v) is 7.16. The number of carbonyl (C=O) groups excluding carboxylic acids is 2. The third kappa shape index (κ3) is 4.32. The lowest BCUT2D eigenvalue weighted by atomic mass is 9.77. The number of ketones is 1. The zero-order valence-corrected chi connectivity index (χ0v) is 23.8. The van der Waals surface area contributed by atoms with Gasteiger partial charge in [-0.05, 0) is 82.1 Å². The van der Waals surface area contributed by atoms with E-state index in [4.69, 9.17) is 13.9 Å². The number of benzene rings is 1. The minimum absolute atomic E-state index is 0.0654. The van der Waals surface area contributed by atoms with Crippen molar-refractivity contribution < 1.29 is 23.5 Å². The highest BCUT2D eigenvalue weighted by Gasteiger charge is 2.49. The summed E-state index contributed by atoms with van der Waals surface area (Å²) in [5.74, 6) is 2.36. The van der Waals surface area contributed by atoms with Gasteiger partial charge in [-0.1, -0.05) is 25.0 Å². The van der Waals surface area contributed by atoms with E-state index in [9.17, 15) is 9.59 Å². The number of amides is 1. The summed E-state index contributed by atoms with van der Waals surface area (Å²) in [5.41, 5.74) is 5.99. The number of allylic oxidation sites excluding steroid dienone is 3. The van der Waals surface area contributed by atoms with Gasteiger partial charge in [0, 0.05) is 43.5 Å². The van der Waals surface area contributed by atoms with Gasteiger partial charge in [0.1, 0.15) is 5.76 Å². The fourth-order valence-electron chi connectivity index (χ4n) is 7.16. The molecule has 2 aromatic rings. The van der Waals surface area contributed by atoms with E-state index in [-0.39, 0.29) is 17.6 Å². The summed E-state index contributed by atoms with van der Waals surface area (Å²) in [4.78, 5) is 28.8. The summed E-state index contributed by atoms with van der Waals surface area (Å²) in [6, 6.07) is 3.79. The number of nitrogens with zero attached hydrogens (tertiary/aromatic N) is 1. The molecule has 1 fully saturated rings. The molecule has 6 rings (SSSR count). The second kappa shape index (κ2) is 9.72. The molecule has 0 bridgehead atoms. The molecule has 3 heterocycles. The largest absolute Gasteiger partial charge is 0.464 e. The topological polar surface area (TPSA) is 69.0 Å². The Hall–Kier alpha value is -3.28. The Morgan fingerprint density at radius 2 is 1.77 bits per heavy atom. The van der Waals surface area contributed by atoms with Crippen LogP contribution in [0.25, 0.3) is 11.3 Å². The van der Waals surface area contributed by atoms with Gasteiger partial charge in [0.2, 0.25) is 0 Å². The van der Waals surface area contributed by atoms with Crippen LogP contribution in [-0.2, 0) is 11.2 Å². The number of hydrogen-bond acceptors (Lipinski definition) is 5. The molecule has 1 aromatic carbocycles. The van der Waals surface area contributed by atoms with Gasteiger partial charge in [-0.2, -0.15) is 0 Å². The van der Waals surface area contributed by atoms with Crippen molar-refractivity contribution >= 4 is 11.7 Å². The first-order chi connectivity index (χ1) is 18.7.